The van der Waals surface area contributed by atoms with Gasteiger partial charge in [-0.25, -0.2) is 0 Å². The molecule has 0 saturated heterocycles. The van der Waals surface area contributed by atoms with E-state index in [1.165, 1.54) is 12.3 Å². The molecule has 1 N–H and O–H groups in total. The zero-order chi connectivity index (χ0) is 6.97. The lowest BCUT2D eigenvalue weighted by atomic mass is 10.4. The SMILES string of the molecule is O=c1cc[nH]c2onnc12. The van der Waals surface area contributed by atoms with Gasteiger partial charge in [0.15, 0.2) is 5.52 Å². The van der Waals surface area contributed by atoms with E-state index in [4.69, 9.17) is 0 Å². The van der Waals surface area contributed by atoms with Crippen LogP contribution in [-0.2, 0) is 0 Å². The molecule has 0 fully saturated rings. The number of hydrogen-bond acceptors (Lipinski definition) is 4. The predicted molar refractivity (Wildman–Crippen MR) is 32.4 cm³/mol. The van der Waals surface area contributed by atoms with E-state index < -0.39 is 0 Å². The normalized spacial score (nSPS) is 10.4. The van der Waals surface area contributed by atoms with Crippen LogP contribution in [0, 0.1) is 0 Å². The van der Waals surface area contributed by atoms with Crippen LogP contribution in [0.15, 0.2) is 21.6 Å². The molecule has 0 aromatic carbocycles. The minimum absolute atomic E-state index is 0.185. The minimum atomic E-state index is -0.185. The third kappa shape index (κ3) is 0.540. The molecule has 2 aromatic rings. The fourth-order valence-electron chi connectivity index (χ4n) is 0.719. The highest BCUT2D eigenvalue weighted by Gasteiger charge is 2.01. The van der Waals surface area contributed by atoms with Crippen LogP contribution in [0.5, 0.6) is 0 Å². The Hall–Kier alpha value is -1.65. The van der Waals surface area contributed by atoms with Gasteiger partial charge in [-0.05, 0) is 0 Å². The number of nitrogens with zero attached hydrogens (tertiary/aromatic N) is 2. The van der Waals surface area contributed by atoms with Crippen LogP contribution in [0.3, 0.4) is 0 Å². The topological polar surface area (TPSA) is 71.8 Å². The van der Waals surface area contributed by atoms with Crippen molar-refractivity contribution in [2.24, 2.45) is 0 Å². The highest BCUT2D eigenvalue weighted by molar-refractivity contribution is 5.65. The molecule has 2 aromatic heterocycles. The summed E-state index contributed by atoms with van der Waals surface area (Å²) in [6.45, 7) is 0. The molecule has 10 heavy (non-hydrogen) atoms. The van der Waals surface area contributed by atoms with E-state index in [0.29, 0.717) is 5.71 Å². The molecular formula is C5H3N3O2. The van der Waals surface area contributed by atoms with Crippen molar-refractivity contribution in [3.05, 3.63) is 22.5 Å². The van der Waals surface area contributed by atoms with Gasteiger partial charge < -0.3 is 9.51 Å². The summed E-state index contributed by atoms with van der Waals surface area (Å²) < 4.78 is 4.58. The van der Waals surface area contributed by atoms with E-state index in [1.807, 2.05) is 0 Å². The van der Waals surface area contributed by atoms with Crippen LogP contribution in [0.4, 0.5) is 0 Å². The Morgan fingerprint density at radius 2 is 2.50 bits per heavy atom. The predicted octanol–water partition coefficient (Wildman–Crippen LogP) is -0.0889. The first-order valence-corrected chi connectivity index (χ1v) is 2.68. The lowest BCUT2D eigenvalue weighted by Crippen LogP contribution is -1.98. The average Bonchev–Trinajstić information content (AvgIpc) is 2.36. The van der Waals surface area contributed by atoms with Gasteiger partial charge >= 0.3 is 0 Å². The number of fused-ring (bicyclic) bond motifs is 1. The van der Waals surface area contributed by atoms with Gasteiger partial charge in [0, 0.05) is 17.5 Å². The summed E-state index contributed by atoms with van der Waals surface area (Å²) in [6, 6.07) is 1.37. The molecule has 0 aliphatic carbocycles. The van der Waals surface area contributed by atoms with Crippen LogP contribution >= 0.6 is 0 Å². The summed E-state index contributed by atoms with van der Waals surface area (Å²) in [6.07, 6.45) is 1.48. The van der Waals surface area contributed by atoms with Gasteiger partial charge in [0.05, 0.1) is 0 Å². The summed E-state index contributed by atoms with van der Waals surface area (Å²) in [5, 5.41) is 6.66. The number of aromatic nitrogens is 3. The van der Waals surface area contributed by atoms with Crippen molar-refractivity contribution >= 4 is 11.2 Å². The minimum Gasteiger partial charge on any atom is -0.328 e. The van der Waals surface area contributed by atoms with Crippen LogP contribution < -0.4 is 5.43 Å². The molecule has 5 nitrogen and oxygen atoms in total. The Kier molecular flexibility index (Phi) is 0.858. The Labute approximate surface area is 54.6 Å². The summed E-state index contributed by atoms with van der Waals surface area (Å²) >= 11 is 0. The molecule has 0 atom stereocenters. The highest BCUT2D eigenvalue weighted by atomic mass is 16.5. The molecule has 0 amide bonds. The van der Waals surface area contributed by atoms with Gasteiger partial charge in [0.2, 0.25) is 5.43 Å². The van der Waals surface area contributed by atoms with Crippen molar-refractivity contribution in [3.63, 3.8) is 0 Å². The van der Waals surface area contributed by atoms with E-state index in [1.54, 1.807) is 0 Å². The van der Waals surface area contributed by atoms with E-state index in [0.717, 1.165) is 0 Å². The van der Waals surface area contributed by atoms with Gasteiger partial charge in [-0.1, -0.05) is 0 Å². The molecule has 0 radical (unpaired) electrons. The fraction of sp³-hybridized carbons (Fsp3) is 0. The Morgan fingerprint density at radius 3 is 3.30 bits per heavy atom. The number of nitrogens with one attached hydrogen (secondary N) is 1. The van der Waals surface area contributed by atoms with Crippen molar-refractivity contribution in [2.75, 3.05) is 0 Å². The quantitative estimate of drug-likeness (QED) is 0.550. The summed E-state index contributed by atoms with van der Waals surface area (Å²) in [7, 11) is 0. The molecule has 0 spiro atoms. The third-order valence-corrected chi connectivity index (χ3v) is 1.17. The second-order valence-corrected chi connectivity index (χ2v) is 1.79. The zero-order valence-electron chi connectivity index (χ0n) is 4.87. The molecule has 0 saturated carbocycles. The van der Waals surface area contributed by atoms with Crippen LogP contribution in [0.2, 0.25) is 0 Å². The standard InChI is InChI=1S/C5H3N3O2/c9-3-1-2-6-5-4(3)7-8-10-5/h1-2H,(H,6,9). The largest absolute Gasteiger partial charge is 0.328 e. The molecule has 2 heterocycles. The maximum atomic E-state index is 10.9. The monoisotopic (exact) mass is 137 g/mol. The fourth-order valence-corrected chi connectivity index (χ4v) is 0.719. The van der Waals surface area contributed by atoms with Crippen LogP contribution in [-0.4, -0.2) is 15.4 Å². The van der Waals surface area contributed by atoms with Gasteiger partial charge in [0.25, 0.3) is 5.71 Å². The van der Waals surface area contributed by atoms with Crippen molar-refractivity contribution in [2.45, 2.75) is 0 Å². The maximum absolute atomic E-state index is 10.9. The van der Waals surface area contributed by atoms with Crippen LogP contribution in [0.1, 0.15) is 0 Å². The first-order valence-electron chi connectivity index (χ1n) is 2.68. The molecule has 5 heteroatoms. The van der Waals surface area contributed by atoms with Gasteiger partial charge in [-0.2, -0.15) is 0 Å². The number of H-pyrrole nitrogens is 1. The first-order chi connectivity index (χ1) is 4.88. The van der Waals surface area contributed by atoms with Crippen molar-refractivity contribution in [1.29, 1.82) is 0 Å². The van der Waals surface area contributed by atoms with Gasteiger partial charge in [0.1, 0.15) is 0 Å². The molecular weight excluding hydrogens is 134 g/mol. The molecule has 0 unspecified atom stereocenters. The maximum Gasteiger partial charge on any atom is 0.260 e. The third-order valence-electron chi connectivity index (χ3n) is 1.17. The van der Waals surface area contributed by atoms with E-state index in [2.05, 4.69) is 19.9 Å². The molecule has 50 valence electrons. The number of pyridine rings is 1. The van der Waals surface area contributed by atoms with Gasteiger partial charge in [-0.15, -0.1) is 5.10 Å². The summed E-state index contributed by atoms with van der Waals surface area (Å²) in [5.41, 5.74) is 0.366. The summed E-state index contributed by atoms with van der Waals surface area (Å²) in [4.78, 5) is 13.5. The van der Waals surface area contributed by atoms with E-state index >= 15 is 0 Å². The number of aromatic amines is 1. The number of hydrogen-bond donors (Lipinski definition) is 1. The number of rotatable bonds is 0. The van der Waals surface area contributed by atoms with E-state index in [9.17, 15) is 4.79 Å². The van der Waals surface area contributed by atoms with Crippen molar-refractivity contribution in [3.8, 4) is 0 Å². The van der Waals surface area contributed by atoms with Crippen LogP contribution in [0.25, 0.3) is 11.2 Å². The second kappa shape index (κ2) is 1.66. The Morgan fingerprint density at radius 1 is 1.60 bits per heavy atom. The Balaban J connectivity index is 3.09. The molecule has 0 bridgehead atoms. The average molecular weight is 137 g/mol. The smallest absolute Gasteiger partial charge is 0.260 e. The second-order valence-electron chi connectivity index (χ2n) is 1.79. The summed E-state index contributed by atoms with van der Waals surface area (Å²) in [5.74, 6) is 0. The highest BCUT2D eigenvalue weighted by Crippen LogP contribution is 1.97. The van der Waals surface area contributed by atoms with Crippen molar-refractivity contribution < 1.29 is 4.52 Å². The lowest BCUT2D eigenvalue weighted by molar-refractivity contribution is 0.417. The molecule has 0 aliphatic rings. The first kappa shape index (κ1) is 5.16. The van der Waals surface area contributed by atoms with Gasteiger partial charge in [-0.3, -0.25) is 4.79 Å². The Bertz CT molecular complexity index is 402. The van der Waals surface area contributed by atoms with E-state index in [-0.39, 0.29) is 10.9 Å². The molecule has 2 rings (SSSR count). The zero-order valence-corrected chi connectivity index (χ0v) is 4.87. The molecule has 0 aliphatic heterocycles. The lowest BCUT2D eigenvalue weighted by Gasteiger charge is -1.78. The van der Waals surface area contributed by atoms with Crippen molar-refractivity contribution in [1.82, 2.24) is 15.4 Å².